The minimum atomic E-state index is 0.214. The molecule has 0 aromatic carbocycles. The normalized spacial score (nSPS) is 25.4. The van der Waals surface area contributed by atoms with Crippen molar-refractivity contribution in [2.75, 3.05) is 18.0 Å². The van der Waals surface area contributed by atoms with Gasteiger partial charge < -0.3 is 10.6 Å². The van der Waals surface area contributed by atoms with E-state index in [9.17, 15) is 0 Å². The molecule has 2 N–H and O–H groups in total. The van der Waals surface area contributed by atoms with Gasteiger partial charge in [0.25, 0.3) is 0 Å². The third-order valence-corrected chi connectivity index (χ3v) is 3.98. The van der Waals surface area contributed by atoms with Crippen molar-refractivity contribution >= 4 is 5.95 Å². The van der Waals surface area contributed by atoms with Crippen LogP contribution in [0.1, 0.15) is 32.8 Å². The highest BCUT2D eigenvalue weighted by molar-refractivity contribution is 5.32. The molecule has 0 saturated carbocycles. The number of hydrogen-bond acceptors (Lipinski definition) is 4. The topological polar surface area (TPSA) is 55.0 Å². The fraction of sp³-hybridized carbons (Fsp3) is 0.714. The highest BCUT2D eigenvalue weighted by Crippen LogP contribution is 2.25. The Labute approximate surface area is 110 Å². The molecule has 1 aliphatic heterocycles. The van der Waals surface area contributed by atoms with E-state index in [1.807, 2.05) is 12.4 Å². The Morgan fingerprint density at radius 2 is 1.83 bits per heavy atom. The van der Waals surface area contributed by atoms with Gasteiger partial charge in [-0.2, -0.15) is 0 Å². The summed E-state index contributed by atoms with van der Waals surface area (Å²) in [4.78, 5) is 11.2. The Morgan fingerprint density at radius 3 is 2.33 bits per heavy atom. The molecule has 4 nitrogen and oxygen atoms in total. The lowest BCUT2D eigenvalue weighted by Gasteiger charge is -2.16. The summed E-state index contributed by atoms with van der Waals surface area (Å²) in [5.41, 5.74) is 7.07. The summed E-state index contributed by atoms with van der Waals surface area (Å²) in [5, 5.41) is 0. The molecular weight excluding hydrogens is 224 g/mol. The number of hydrogen-bond donors (Lipinski definition) is 1. The van der Waals surface area contributed by atoms with E-state index in [0.29, 0.717) is 0 Å². The van der Waals surface area contributed by atoms with Gasteiger partial charge in [0.15, 0.2) is 0 Å². The Bertz CT molecular complexity index is 366. The van der Waals surface area contributed by atoms with Gasteiger partial charge in [0, 0.05) is 31.5 Å². The van der Waals surface area contributed by atoms with Crippen LogP contribution in [-0.4, -0.2) is 29.1 Å². The molecule has 0 aliphatic carbocycles. The van der Waals surface area contributed by atoms with E-state index in [-0.39, 0.29) is 6.04 Å². The standard InChI is InChI=1S/C14H24N4/c1-4-13(15)5-12-6-16-14(17-7-12)18-8-10(2)11(3)9-18/h6-7,10-11,13H,4-5,8-9,15H2,1-3H3. The minimum absolute atomic E-state index is 0.214. The van der Waals surface area contributed by atoms with Gasteiger partial charge >= 0.3 is 0 Å². The summed E-state index contributed by atoms with van der Waals surface area (Å²) in [7, 11) is 0. The van der Waals surface area contributed by atoms with Crippen LogP contribution in [0.3, 0.4) is 0 Å². The first-order chi connectivity index (χ1) is 8.60. The molecule has 1 aliphatic rings. The summed E-state index contributed by atoms with van der Waals surface area (Å²) < 4.78 is 0. The largest absolute Gasteiger partial charge is 0.340 e. The zero-order chi connectivity index (χ0) is 13.1. The molecule has 3 atom stereocenters. The highest BCUT2D eigenvalue weighted by Gasteiger charge is 2.27. The van der Waals surface area contributed by atoms with Crippen LogP contribution in [0.2, 0.25) is 0 Å². The Kier molecular flexibility index (Phi) is 4.17. The van der Waals surface area contributed by atoms with E-state index < -0.39 is 0 Å². The summed E-state index contributed by atoms with van der Waals surface area (Å²) >= 11 is 0. The van der Waals surface area contributed by atoms with Crippen LogP contribution in [0.5, 0.6) is 0 Å². The molecule has 0 bridgehead atoms. The number of nitrogens with zero attached hydrogens (tertiary/aromatic N) is 3. The van der Waals surface area contributed by atoms with Crippen LogP contribution in [0.4, 0.5) is 5.95 Å². The molecule has 2 rings (SSSR count). The fourth-order valence-electron chi connectivity index (χ4n) is 2.36. The third-order valence-electron chi connectivity index (χ3n) is 3.98. The van der Waals surface area contributed by atoms with E-state index in [0.717, 1.165) is 49.3 Å². The van der Waals surface area contributed by atoms with E-state index in [1.165, 1.54) is 0 Å². The summed E-state index contributed by atoms with van der Waals surface area (Å²) in [5.74, 6) is 2.31. The number of nitrogens with two attached hydrogens (primary N) is 1. The second kappa shape index (κ2) is 5.65. The molecular formula is C14H24N4. The van der Waals surface area contributed by atoms with Crippen LogP contribution >= 0.6 is 0 Å². The first kappa shape index (κ1) is 13.3. The van der Waals surface area contributed by atoms with E-state index in [4.69, 9.17) is 5.73 Å². The lowest BCUT2D eigenvalue weighted by Crippen LogP contribution is -2.23. The molecule has 0 amide bonds. The quantitative estimate of drug-likeness (QED) is 0.883. The van der Waals surface area contributed by atoms with Gasteiger partial charge in [0.2, 0.25) is 5.95 Å². The van der Waals surface area contributed by atoms with Crippen molar-refractivity contribution in [3.63, 3.8) is 0 Å². The first-order valence-electron chi connectivity index (χ1n) is 6.91. The molecule has 0 spiro atoms. The molecule has 100 valence electrons. The molecule has 2 heterocycles. The molecule has 1 saturated heterocycles. The van der Waals surface area contributed by atoms with Crippen LogP contribution in [0, 0.1) is 11.8 Å². The van der Waals surface area contributed by atoms with Crippen molar-refractivity contribution < 1.29 is 0 Å². The van der Waals surface area contributed by atoms with Crippen LogP contribution in [0.15, 0.2) is 12.4 Å². The van der Waals surface area contributed by atoms with Crippen molar-refractivity contribution in [2.24, 2.45) is 17.6 Å². The zero-order valence-electron chi connectivity index (χ0n) is 11.6. The summed E-state index contributed by atoms with van der Waals surface area (Å²) in [6.07, 6.45) is 5.70. The molecule has 18 heavy (non-hydrogen) atoms. The maximum atomic E-state index is 5.94. The smallest absolute Gasteiger partial charge is 0.225 e. The summed E-state index contributed by atoms with van der Waals surface area (Å²) in [6.45, 7) is 8.81. The lowest BCUT2D eigenvalue weighted by atomic mass is 10.0. The SMILES string of the molecule is CCC(N)Cc1cnc(N2CC(C)C(C)C2)nc1. The second-order valence-electron chi connectivity index (χ2n) is 5.62. The number of rotatable bonds is 4. The van der Waals surface area contributed by atoms with Gasteiger partial charge in [0.1, 0.15) is 0 Å². The van der Waals surface area contributed by atoms with Gasteiger partial charge in [-0.15, -0.1) is 0 Å². The zero-order valence-corrected chi connectivity index (χ0v) is 11.6. The van der Waals surface area contributed by atoms with Gasteiger partial charge in [-0.3, -0.25) is 0 Å². The van der Waals surface area contributed by atoms with Crippen molar-refractivity contribution in [1.82, 2.24) is 9.97 Å². The van der Waals surface area contributed by atoms with Gasteiger partial charge in [-0.1, -0.05) is 20.8 Å². The molecule has 3 unspecified atom stereocenters. The van der Waals surface area contributed by atoms with E-state index in [1.54, 1.807) is 0 Å². The van der Waals surface area contributed by atoms with Crippen molar-refractivity contribution in [2.45, 2.75) is 39.7 Å². The van der Waals surface area contributed by atoms with E-state index >= 15 is 0 Å². The van der Waals surface area contributed by atoms with Crippen LogP contribution in [0.25, 0.3) is 0 Å². The van der Waals surface area contributed by atoms with Crippen LogP contribution in [-0.2, 0) is 6.42 Å². The van der Waals surface area contributed by atoms with E-state index in [2.05, 4.69) is 35.6 Å². The number of aromatic nitrogens is 2. The highest BCUT2D eigenvalue weighted by atomic mass is 15.3. The molecule has 1 aromatic rings. The Hall–Kier alpha value is -1.16. The predicted octanol–water partition coefficient (Wildman–Crippen LogP) is 1.85. The minimum Gasteiger partial charge on any atom is -0.340 e. The monoisotopic (exact) mass is 248 g/mol. The average molecular weight is 248 g/mol. The number of anilines is 1. The molecule has 1 aromatic heterocycles. The van der Waals surface area contributed by atoms with Gasteiger partial charge in [0.05, 0.1) is 0 Å². The first-order valence-corrected chi connectivity index (χ1v) is 6.91. The third kappa shape index (κ3) is 2.99. The average Bonchev–Trinajstić information content (AvgIpc) is 2.70. The Morgan fingerprint density at radius 1 is 1.28 bits per heavy atom. The van der Waals surface area contributed by atoms with Crippen molar-refractivity contribution in [3.8, 4) is 0 Å². The maximum absolute atomic E-state index is 5.94. The van der Waals surface area contributed by atoms with Crippen molar-refractivity contribution in [1.29, 1.82) is 0 Å². The molecule has 1 fully saturated rings. The predicted molar refractivity (Wildman–Crippen MR) is 74.5 cm³/mol. The Balaban J connectivity index is 2.00. The fourth-order valence-corrected chi connectivity index (χ4v) is 2.36. The van der Waals surface area contributed by atoms with Gasteiger partial charge in [-0.25, -0.2) is 9.97 Å². The molecule has 4 heteroatoms. The van der Waals surface area contributed by atoms with Crippen LogP contribution < -0.4 is 10.6 Å². The second-order valence-corrected chi connectivity index (χ2v) is 5.62. The molecule has 0 radical (unpaired) electrons. The van der Waals surface area contributed by atoms with Crippen molar-refractivity contribution in [3.05, 3.63) is 18.0 Å². The summed E-state index contributed by atoms with van der Waals surface area (Å²) in [6, 6.07) is 0.214. The maximum Gasteiger partial charge on any atom is 0.225 e. The lowest BCUT2D eigenvalue weighted by molar-refractivity contribution is 0.494. The van der Waals surface area contributed by atoms with Gasteiger partial charge in [-0.05, 0) is 30.2 Å².